The largest absolute Gasteiger partial charge is 0.332 e. The molecule has 0 fully saturated rings. The molecule has 0 saturated heterocycles. The molecule has 0 radical (unpaired) electrons. The van der Waals surface area contributed by atoms with Gasteiger partial charge < -0.3 is 10.2 Å². The number of benzene rings is 2. The van der Waals surface area contributed by atoms with Crippen LogP contribution in [-0.2, 0) is 4.79 Å². The van der Waals surface area contributed by atoms with E-state index >= 15 is 0 Å². The van der Waals surface area contributed by atoms with Crippen molar-refractivity contribution in [3.05, 3.63) is 75.8 Å². The summed E-state index contributed by atoms with van der Waals surface area (Å²) in [6.07, 6.45) is 1.46. The number of para-hydroxylation sites is 1. The van der Waals surface area contributed by atoms with Crippen LogP contribution in [0.2, 0.25) is 10.0 Å². The molecular formula is C22H21Cl2FN4O2. The lowest BCUT2D eigenvalue weighted by Gasteiger charge is -2.19. The Kier molecular flexibility index (Phi) is 6.97. The molecule has 0 aliphatic heterocycles. The number of likely N-dealkylation sites (N-methyl/N-ethyl adjacent to an activating group) is 1. The normalized spacial score (nSPS) is 10.9. The van der Waals surface area contributed by atoms with Crippen LogP contribution in [0.3, 0.4) is 0 Å². The third-order valence-electron chi connectivity index (χ3n) is 4.61. The van der Waals surface area contributed by atoms with Crippen molar-refractivity contribution in [1.82, 2.24) is 14.7 Å². The van der Waals surface area contributed by atoms with Crippen molar-refractivity contribution in [1.29, 1.82) is 0 Å². The minimum absolute atomic E-state index is 0.0457. The molecule has 0 bridgehead atoms. The first-order chi connectivity index (χ1) is 14.7. The fourth-order valence-electron chi connectivity index (χ4n) is 3.16. The van der Waals surface area contributed by atoms with Gasteiger partial charge in [-0.3, -0.25) is 9.59 Å². The third kappa shape index (κ3) is 5.06. The topological polar surface area (TPSA) is 67.2 Å². The number of nitrogens with zero attached hydrogens (tertiary/aromatic N) is 3. The summed E-state index contributed by atoms with van der Waals surface area (Å²) in [5, 5.41) is 7.57. The first-order valence-corrected chi connectivity index (χ1v) is 10.3. The molecule has 1 aromatic heterocycles. The number of aromatic nitrogens is 2. The fraction of sp³-hybridized carbons (Fsp3) is 0.227. The SMILES string of the molecule is CC(C)c1c(C(=O)N(C)CC(=O)Nc2c(Cl)cccc2Cl)cnn1-c1ccc(F)cc1. The molecule has 2 amide bonds. The molecule has 0 saturated carbocycles. The summed E-state index contributed by atoms with van der Waals surface area (Å²) in [6.45, 7) is 3.65. The van der Waals surface area contributed by atoms with Gasteiger partial charge in [0.25, 0.3) is 5.91 Å². The van der Waals surface area contributed by atoms with Crippen LogP contribution in [0.1, 0.15) is 35.8 Å². The van der Waals surface area contributed by atoms with Gasteiger partial charge in [0, 0.05) is 7.05 Å². The Morgan fingerprint density at radius 1 is 1.13 bits per heavy atom. The zero-order chi connectivity index (χ0) is 22.7. The van der Waals surface area contributed by atoms with Crippen LogP contribution < -0.4 is 5.32 Å². The molecule has 3 aromatic rings. The number of hydrogen-bond acceptors (Lipinski definition) is 3. The van der Waals surface area contributed by atoms with Crippen molar-refractivity contribution in [3.8, 4) is 5.69 Å². The minimum Gasteiger partial charge on any atom is -0.332 e. The minimum atomic E-state index is -0.442. The van der Waals surface area contributed by atoms with Gasteiger partial charge in [-0.25, -0.2) is 9.07 Å². The Morgan fingerprint density at radius 2 is 1.74 bits per heavy atom. The lowest BCUT2D eigenvalue weighted by Crippen LogP contribution is -2.35. The maximum atomic E-state index is 13.3. The van der Waals surface area contributed by atoms with E-state index in [0.29, 0.717) is 32.7 Å². The van der Waals surface area contributed by atoms with Gasteiger partial charge in [0.1, 0.15) is 5.82 Å². The molecular weight excluding hydrogens is 442 g/mol. The Bertz CT molecular complexity index is 1090. The summed E-state index contributed by atoms with van der Waals surface area (Å²) in [7, 11) is 1.52. The predicted molar refractivity (Wildman–Crippen MR) is 120 cm³/mol. The molecule has 0 spiro atoms. The van der Waals surface area contributed by atoms with E-state index in [2.05, 4.69) is 10.4 Å². The highest BCUT2D eigenvalue weighted by Crippen LogP contribution is 2.30. The van der Waals surface area contributed by atoms with Crippen LogP contribution in [0.15, 0.2) is 48.7 Å². The van der Waals surface area contributed by atoms with Gasteiger partial charge in [-0.2, -0.15) is 5.10 Å². The van der Waals surface area contributed by atoms with E-state index in [1.807, 2.05) is 13.8 Å². The van der Waals surface area contributed by atoms with Crippen molar-refractivity contribution in [2.24, 2.45) is 0 Å². The molecule has 0 aliphatic carbocycles. The molecule has 0 unspecified atom stereocenters. The third-order valence-corrected chi connectivity index (χ3v) is 5.24. The summed E-state index contributed by atoms with van der Waals surface area (Å²) in [4.78, 5) is 26.8. The van der Waals surface area contributed by atoms with Gasteiger partial charge in [-0.05, 0) is 42.3 Å². The van der Waals surface area contributed by atoms with Crippen LogP contribution in [0.25, 0.3) is 5.69 Å². The summed E-state index contributed by atoms with van der Waals surface area (Å²) < 4.78 is 14.9. The van der Waals surface area contributed by atoms with Crippen LogP contribution in [-0.4, -0.2) is 40.1 Å². The first kappa shape index (κ1) is 22.8. The predicted octanol–water partition coefficient (Wildman–Crippen LogP) is 5.15. The Morgan fingerprint density at radius 3 is 2.32 bits per heavy atom. The van der Waals surface area contributed by atoms with E-state index in [-0.39, 0.29) is 24.2 Å². The number of carbonyl (C=O) groups is 2. The van der Waals surface area contributed by atoms with Crippen LogP contribution in [0.4, 0.5) is 10.1 Å². The molecule has 2 aromatic carbocycles. The molecule has 1 N–H and O–H groups in total. The van der Waals surface area contributed by atoms with Crippen molar-refractivity contribution in [2.45, 2.75) is 19.8 Å². The number of rotatable bonds is 6. The van der Waals surface area contributed by atoms with E-state index in [4.69, 9.17) is 23.2 Å². The number of anilines is 1. The number of amides is 2. The van der Waals surface area contributed by atoms with Crippen LogP contribution in [0, 0.1) is 5.82 Å². The van der Waals surface area contributed by atoms with Crippen molar-refractivity contribution >= 4 is 40.7 Å². The number of nitrogens with one attached hydrogen (secondary N) is 1. The Hall–Kier alpha value is -2.90. The quantitative estimate of drug-likeness (QED) is 0.550. The highest BCUT2D eigenvalue weighted by atomic mass is 35.5. The summed E-state index contributed by atoms with van der Waals surface area (Å²) in [6, 6.07) is 10.7. The Balaban J connectivity index is 1.80. The maximum absolute atomic E-state index is 13.3. The van der Waals surface area contributed by atoms with Crippen LogP contribution in [0.5, 0.6) is 0 Å². The van der Waals surface area contributed by atoms with Crippen molar-refractivity contribution in [3.63, 3.8) is 0 Å². The average molecular weight is 463 g/mol. The van der Waals surface area contributed by atoms with E-state index in [1.54, 1.807) is 35.0 Å². The van der Waals surface area contributed by atoms with Crippen LogP contribution >= 0.6 is 23.2 Å². The second-order valence-electron chi connectivity index (χ2n) is 7.29. The molecule has 6 nitrogen and oxygen atoms in total. The molecule has 0 atom stereocenters. The number of hydrogen-bond donors (Lipinski definition) is 1. The first-order valence-electron chi connectivity index (χ1n) is 9.52. The second kappa shape index (κ2) is 9.49. The highest BCUT2D eigenvalue weighted by molar-refractivity contribution is 6.39. The van der Waals surface area contributed by atoms with Gasteiger partial charge >= 0.3 is 0 Å². The van der Waals surface area contributed by atoms with Gasteiger partial charge in [0.15, 0.2) is 0 Å². The molecule has 3 rings (SSSR count). The lowest BCUT2D eigenvalue weighted by atomic mass is 10.0. The van der Waals surface area contributed by atoms with E-state index < -0.39 is 5.91 Å². The van der Waals surface area contributed by atoms with E-state index in [1.165, 1.54) is 30.3 Å². The van der Waals surface area contributed by atoms with E-state index in [0.717, 1.165) is 0 Å². The lowest BCUT2D eigenvalue weighted by molar-refractivity contribution is -0.116. The standard InChI is InChI=1S/C22H21Cl2FN4O2/c1-13(2)21-16(11-26-29(21)15-9-7-14(25)8-10-15)22(31)28(3)12-19(30)27-20-17(23)5-4-6-18(20)24/h4-11,13H,12H2,1-3H3,(H,27,30). The highest BCUT2D eigenvalue weighted by Gasteiger charge is 2.24. The zero-order valence-electron chi connectivity index (χ0n) is 17.2. The van der Waals surface area contributed by atoms with Crippen molar-refractivity contribution < 1.29 is 14.0 Å². The van der Waals surface area contributed by atoms with Gasteiger partial charge in [0.05, 0.1) is 45.4 Å². The monoisotopic (exact) mass is 462 g/mol. The smallest absolute Gasteiger partial charge is 0.257 e. The van der Waals surface area contributed by atoms with Gasteiger partial charge in [0.2, 0.25) is 5.91 Å². The number of carbonyl (C=O) groups excluding carboxylic acids is 2. The number of halogens is 3. The molecule has 162 valence electrons. The summed E-state index contributed by atoms with van der Waals surface area (Å²) >= 11 is 12.2. The fourth-order valence-corrected chi connectivity index (χ4v) is 3.65. The zero-order valence-corrected chi connectivity index (χ0v) is 18.7. The summed E-state index contributed by atoms with van der Waals surface area (Å²) in [5.41, 5.74) is 1.96. The van der Waals surface area contributed by atoms with Crippen molar-refractivity contribution in [2.75, 3.05) is 18.9 Å². The molecule has 31 heavy (non-hydrogen) atoms. The average Bonchev–Trinajstić information content (AvgIpc) is 3.16. The molecule has 9 heteroatoms. The van der Waals surface area contributed by atoms with Gasteiger partial charge in [-0.15, -0.1) is 0 Å². The van der Waals surface area contributed by atoms with Gasteiger partial charge in [-0.1, -0.05) is 43.1 Å². The maximum Gasteiger partial charge on any atom is 0.257 e. The second-order valence-corrected chi connectivity index (χ2v) is 8.11. The summed E-state index contributed by atoms with van der Waals surface area (Å²) in [5.74, 6) is -1.21. The molecule has 0 aliphatic rings. The molecule has 1 heterocycles. The van der Waals surface area contributed by atoms with E-state index in [9.17, 15) is 14.0 Å². The Labute approximate surface area is 189 Å².